The Balaban J connectivity index is 1.89. The van der Waals surface area contributed by atoms with Gasteiger partial charge in [-0.3, -0.25) is 10.3 Å². The van der Waals surface area contributed by atoms with Crippen LogP contribution in [0.1, 0.15) is 17.5 Å². The molecular weight excluding hydrogens is 218 g/mol. The highest BCUT2D eigenvalue weighted by Crippen LogP contribution is 2.08. The van der Waals surface area contributed by atoms with Crippen LogP contribution in [-0.4, -0.2) is 12.6 Å². The molecule has 0 saturated carbocycles. The van der Waals surface area contributed by atoms with Gasteiger partial charge in [-0.25, -0.2) is 4.79 Å². The summed E-state index contributed by atoms with van der Waals surface area (Å²) >= 11 is 0. The molecule has 0 bridgehead atoms. The van der Waals surface area contributed by atoms with Gasteiger partial charge in [0.2, 0.25) is 0 Å². The zero-order valence-corrected chi connectivity index (χ0v) is 9.73. The van der Waals surface area contributed by atoms with E-state index in [1.165, 1.54) is 0 Å². The topological polar surface area (TPSA) is 47.6 Å². The average Bonchev–Trinajstić information content (AvgIpc) is 2.37. The summed E-state index contributed by atoms with van der Waals surface area (Å²) < 4.78 is 5.17. The third-order valence-corrected chi connectivity index (χ3v) is 2.42. The highest BCUT2D eigenvalue weighted by atomic mass is 16.6. The lowest BCUT2D eigenvalue weighted by molar-refractivity contribution is -0.142. The minimum Gasteiger partial charge on any atom is -0.456 e. The number of rotatable bonds is 3. The first-order valence-corrected chi connectivity index (χ1v) is 5.56. The Hall–Kier alpha value is -1.81. The summed E-state index contributed by atoms with van der Waals surface area (Å²) in [5.41, 5.74) is 5.06. The number of hydrogen-bond donors (Lipinski definition) is 1. The highest BCUT2D eigenvalue weighted by molar-refractivity contribution is 5.87. The summed E-state index contributed by atoms with van der Waals surface area (Å²) in [7, 11) is 0. The molecule has 0 atom stereocenters. The molecule has 0 aromatic heterocycles. The van der Waals surface area contributed by atoms with Crippen molar-refractivity contribution in [3.05, 3.63) is 47.2 Å². The fourth-order valence-electron chi connectivity index (χ4n) is 1.59. The van der Waals surface area contributed by atoms with Gasteiger partial charge in [-0.05, 0) is 25.0 Å². The summed E-state index contributed by atoms with van der Waals surface area (Å²) in [5.74, 6) is -0.383. The van der Waals surface area contributed by atoms with E-state index in [2.05, 4.69) is 5.48 Å². The molecule has 0 saturated heterocycles. The Morgan fingerprint density at radius 1 is 1.53 bits per heavy atom. The van der Waals surface area contributed by atoms with E-state index in [-0.39, 0.29) is 12.6 Å². The fourth-order valence-corrected chi connectivity index (χ4v) is 1.59. The van der Waals surface area contributed by atoms with Gasteiger partial charge in [-0.15, -0.1) is 0 Å². The van der Waals surface area contributed by atoms with Gasteiger partial charge in [-0.2, -0.15) is 0 Å². The molecule has 0 spiro atoms. The molecule has 0 fully saturated rings. The van der Waals surface area contributed by atoms with Crippen molar-refractivity contribution in [3.63, 3.8) is 0 Å². The van der Waals surface area contributed by atoms with Crippen molar-refractivity contribution < 1.29 is 14.4 Å². The standard InChI is InChI=1S/C13H15NO3/c1-10-4-2-5-11(8-10)9-16-13(15)12-6-3-7-17-14-12/h2,4-6,8,14H,3,7,9H2,1H3. The predicted molar refractivity (Wildman–Crippen MR) is 62.8 cm³/mol. The largest absolute Gasteiger partial charge is 0.456 e. The smallest absolute Gasteiger partial charge is 0.356 e. The Morgan fingerprint density at radius 3 is 3.12 bits per heavy atom. The van der Waals surface area contributed by atoms with Crippen molar-refractivity contribution in [1.29, 1.82) is 0 Å². The molecule has 4 heteroatoms. The average molecular weight is 233 g/mol. The summed E-state index contributed by atoms with van der Waals surface area (Å²) in [5, 5.41) is 0. The van der Waals surface area contributed by atoms with Gasteiger partial charge in [0.1, 0.15) is 12.3 Å². The fraction of sp³-hybridized carbons (Fsp3) is 0.308. The van der Waals surface area contributed by atoms with E-state index in [4.69, 9.17) is 9.57 Å². The zero-order valence-electron chi connectivity index (χ0n) is 9.73. The molecular formula is C13H15NO3. The van der Waals surface area contributed by atoms with Gasteiger partial charge >= 0.3 is 5.97 Å². The van der Waals surface area contributed by atoms with Crippen molar-refractivity contribution in [2.24, 2.45) is 0 Å². The first-order valence-electron chi connectivity index (χ1n) is 5.56. The van der Waals surface area contributed by atoms with E-state index in [0.29, 0.717) is 12.3 Å². The molecule has 0 radical (unpaired) electrons. The predicted octanol–water partition coefficient (Wildman–Crippen LogP) is 1.85. The molecule has 2 rings (SSSR count). The van der Waals surface area contributed by atoms with E-state index >= 15 is 0 Å². The van der Waals surface area contributed by atoms with Crippen LogP contribution in [0.3, 0.4) is 0 Å². The molecule has 1 heterocycles. The minimum atomic E-state index is -0.383. The quantitative estimate of drug-likeness (QED) is 0.809. The number of esters is 1. The lowest BCUT2D eigenvalue weighted by Gasteiger charge is -2.14. The Morgan fingerprint density at radius 2 is 2.41 bits per heavy atom. The lowest BCUT2D eigenvalue weighted by atomic mass is 10.1. The molecule has 0 aliphatic carbocycles. The lowest BCUT2D eigenvalue weighted by Crippen LogP contribution is -2.26. The van der Waals surface area contributed by atoms with Crippen LogP contribution in [0.5, 0.6) is 0 Å². The van der Waals surface area contributed by atoms with Crippen LogP contribution in [-0.2, 0) is 21.0 Å². The molecule has 0 unspecified atom stereocenters. The molecule has 1 aromatic rings. The normalized spacial score (nSPS) is 14.8. The van der Waals surface area contributed by atoms with Crippen molar-refractivity contribution >= 4 is 5.97 Å². The third-order valence-electron chi connectivity index (χ3n) is 2.42. The van der Waals surface area contributed by atoms with Crippen LogP contribution < -0.4 is 5.48 Å². The second-order valence-corrected chi connectivity index (χ2v) is 3.92. The van der Waals surface area contributed by atoms with Crippen LogP contribution >= 0.6 is 0 Å². The van der Waals surface area contributed by atoms with E-state index in [0.717, 1.165) is 17.5 Å². The van der Waals surface area contributed by atoms with Crippen molar-refractivity contribution in [2.45, 2.75) is 20.0 Å². The summed E-state index contributed by atoms with van der Waals surface area (Å²) in [6.45, 7) is 2.86. The van der Waals surface area contributed by atoms with Crippen molar-refractivity contribution in [3.8, 4) is 0 Å². The monoisotopic (exact) mass is 233 g/mol. The number of hydrogen-bond acceptors (Lipinski definition) is 4. The number of carbonyl (C=O) groups is 1. The number of benzene rings is 1. The number of ether oxygens (including phenoxy) is 1. The molecule has 17 heavy (non-hydrogen) atoms. The Bertz CT molecular complexity index is 440. The Labute approximate surface area is 100 Å². The summed E-state index contributed by atoms with van der Waals surface area (Å²) in [6.07, 6.45) is 2.50. The molecule has 4 nitrogen and oxygen atoms in total. The van der Waals surface area contributed by atoms with Crippen LogP contribution in [0.4, 0.5) is 0 Å². The maximum Gasteiger partial charge on any atom is 0.356 e. The van der Waals surface area contributed by atoms with Gasteiger partial charge in [0.25, 0.3) is 0 Å². The number of hydroxylamine groups is 1. The van der Waals surface area contributed by atoms with Crippen LogP contribution in [0.2, 0.25) is 0 Å². The minimum absolute atomic E-state index is 0.277. The Kier molecular flexibility index (Phi) is 3.77. The summed E-state index contributed by atoms with van der Waals surface area (Å²) in [4.78, 5) is 16.6. The SMILES string of the molecule is Cc1cccc(COC(=O)C2=CCCON2)c1. The van der Waals surface area contributed by atoms with Crippen molar-refractivity contribution in [2.75, 3.05) is 6.61 Å². The van der Waals surface area contributed by atoms with Gasteiger partial charge < -0.3 is 4.74 Å². The maximum absolute atomic E-state index is 11.6. The maximum atomic E-state index is 11.6. The van der Waals surface area contributed by atoms with E-state index in [1.807, 2.05) is 31.2 Å². The first-order chi connectivity index (χ1) is 8.25. The summed E-state index contributed by atoms with van der Waals surface area (Å²) in [6, 6.07) is 7.87. The number of aryl methyl sites for hydroxylation is 1. The molecule has 1 aliphatic rings. The second-order valence-electron chi connectivity index (χ2n) is 3.92. The molecule has 1 aliphatic heterocycles. The zero-order chi connectivity index (χ0) is 12.1. The van der Waals surface area contributed by atoms with E-state index in [1.54, 1.807) is 6.08 Å². The van der Waals surface area contributed by atoms with E-state index in [9.17, 15) is 4.79 Å². The molecule has 0 amide bonds. The van der Waals surface area contributed by atoms with Crippen LogP contribution in [0, 0.1) is 6.92 Å². The molecule has 90 valence electrons. The van der Waals surface area contributed by atoms with Crippen LogP contribution in [0.25, 0.3) is 0 Å². The van der Waals surface area contributed by atoms with Gasteiger partial charge in [0.05, 0.1) is 6.61 Å². The van der Waals surface area contributed by atoms with Gasteiger partial charge in [0.15, 0.2) is 0 Å². The van der Waals surface area contributed by atoms with Gasteiger partial charge in [-0.1, -0.05) is 29.8 Å². The third kappa shape index (κ3) is 3.32. The first kappa shape index (κ1) is 11.7. The second kappa shape index (κ2) is 5.50. The van der Waals surface area contributed by atoms with Gasteiger partial charge in [0, 0.05) is 0 Å². The molecule has 1 N–H and O–H groups in total. The number of nitrogens with one attached hydrogen (secondary N) is 1. The number of carbonyl (C=O) groups excluding carboxylic acids is 1. The van der Waals surface area contributed by atoms with Crippen molar-refractivity contribution in [1.82, 2.24) is 5.48 Å². The molecule has 1 aromatic carbocycles. The van der Waals surface area contributed by atoms with Crippen LogP contribution in [0.15, 0.2) is 36.0 Å². The van der Waals surface area contributed by atoms with E-state index < -0.39 is 0 Å². The highest BCUT2D eigenvalue weighted by Gasteiger charge is 2.13.